The van der Waals surface area contributed by atoms with Crippen molar-refractivity contribution in [2.24, 2.45) is 5.92 Å². The number of anilines is 1. The van der Waals surface area contributed by atoms with Crippen molar-refractivity contribution in [3.63, 3.8) is 0 Å². The summed E-state index contributed by atoms with van der Waals surface area (Å²) in [6.45, 7) is 8.21. The van der Waals surface area contributed by atoms with Crippen LogP contribution in [0.15, 0.2) is 23.3 Å². The second-order valence-corrected chi connectivity index (χ2v) is 7.05. The zero-order valence-corrected chi connectivity index (χ0v) is 15.4. The fourth-order valence-electron chi connectivity index (χ4n) is 3.48. The van der Waals surface area contributed by atoms with Crippen molar-refractivity contribution in [3.05, 3.63) is 45.9 Å². The van der Waals surface area contributed by atoms with Gasteiger partial charge in [0.15, 0.2) is 11.5 Å². The molecular weight excluding hydrogens is 330 g/mol. The topological polar surface area (TPSA) is 81.2 Å². The maximum absolute atomic E-state index is 12.4. The Bertz CT molecular complexity index is 998. The van der Waals surface area contributed by atoms with Gasteiger partial charge < -0.3 is 4.90 Å². The molecule has 4 rings (SSSR count). The lowest BCUT2D eigenvalue weighted by atomic mass is 9.96. The fraction of sp³-hybridized carbons (Fsp3) is 0.500. The Labute approximate surface area is 151 Å². The Morgan fingerprint density at radius 1 is 1.12 bits per heavy atom. The first kappa shape index (κ1) is 16.7. The molecule has 0 N–H and O–H groups in total. The summed E-state index contributed by atoms with van der Waals surface area (Å²) in [4.78, 5) is 19.0. The van der Waals surface area contributed by atoms with E-state index >= 15 is 0 Å². The average molecular weight is 353 g/mol. The molecular formula is C18H23N7O. The number of nitrogens with zero attached hydrogens (tertiary/aromatic N) is 7. The largest absolute Gasteiger partial charge is 0.355 e. The molecule has 0 unspecified atom stereocenters. The van der Waals surface area contributed by atoms with Crippen molar-refractivity contribution in [2.75, 3.05) is 18.0 Å². The van der Waals surface area contributed by atoms with E-state index in [0.717, 1.165) is 61.0 Å². The fourth-order valence-corrected chi connectivity index (χ4v) is 3.48. The third-order valence-electron chi connectivity index (χ3n) is 5.31. The molecule has 0 aliphatic carbocycles. The highest BCUT2D eigenvalue weighted by molar-refractivity contribution is 5.45. The van der Waals surface area contributed by atoms with E-state index in [9.17, 15) is 4.79 Å². The van der Waals surface area contributed by atoms with Crippen LogP contribution in [0.4, 0.5) is 5.82 Å². The normalized spacial score (nSPS) is 15.7. The van der Waals surface area contributed by atoms with Crippen molar-refractivity contribution >= 4 is 11.5 Å². The lowest BCUT2D eigenvalue weighted by molar-refractivity contribution is 0.349. The first-order chi connectivity index (χ1) is 12.5. The van der Waals surface area contributed by atoms with E-state index in [1.807, 2.05) is 32.9 Å². The summed E-state index contributed by atoms with van der Waals surface area (Å²) in [5, 5.41) is 12.8. The first-order valence-electron chi connectivity index (χ1n) is 8.99. The van der Waals surface area contributed by atoms with Crippen molar-refractivity contribution in [1.82, 2.24) is 29.4 Å². The molecule has 8 heteroatoms. The van der Waals surface area contributed by atoms with Crippen molar-refractivity contribution in [1.29, 1.82) is 0 Å². The van der Waals surface area contributed by atoms with Gasteiger partial charge in [0.05, 0.1) is 6.33 Å². The van der Waals surface area contributed by atoms with Gasteiger partial charge in [-0.2, -0.15) is 4.52 Å². The monoisotopic (exact) mass is 353 g/mol. The molecule has 0 radical (unpaired) electrons. The lowest BCUT2D eigenvalue weighted by Crippen LogP contribution is -2.37. The van der Waals surface area contributed by atoms with E-state index in [4.69, 9.17) is 0 Å². The van der Waals surface area contributed by atoms with Gasteiger partial charge in [-0.25, -0.2) is 4.98 Å². The van der Waals surface area contributed by atoms with Gasteiger partial charge in [-0.05, 0) is 51.7 Å². The third kappa shape index (κ3) is 2.95. The van der Waals surface area contributed by atoms with Crippen LogP contribution in [0.2, 0.25) is 0 Å². The summed E-state index contributed by atoms with van der Waals surface area (Å²) in [5.41, 5.74) is 2.40. The van der Waals surface area contributed by atoms with E-state index in [2.05, 4.69) is 25.2 Å². The molecule has 26 heavy (non-hydrogen) atoms. The Hall–Kier alpha value is -2.77. The number of rotatable bonds is 3. The Morgan fingerprint density at radius 3 is 2.65 bits per heavy atom. The maximum atomic E-state index is 12.4. The summed E-state index contributed by atoms with van der Waals surface area (Å²) in [5.74, 6) is 2.22. The van der Waals surface area contributed by atoms with Crippen LogP contribution >= 0.6 is 0 Å². The number of piperidine rings is 1. The Balaban J connectivity index is 1.44. The van der Waals surface area contributed by atoms with E-state index in [0.29, 0.717) is 5.92 Å². The molecule has 1 aliphatic rings. The second kappa shape index (κ2) is 6.51. The number of hydrogen-bond donors (Lipinski definition) is 0. The van der Waals surface area contributed by atoms with Crippen molar-refractivity contribution < 1.29 is 0 Å². The number of aryl methyl sites for hydroxylation is 2. The van der Waals surface area contributed by atoms with Crippen LogP contribution in [0, 0.1) is 26.7 Å². The van der Waals surface area contributed by atoms with Gasteiger partial charge in [0, 0.05) is 30.9 Å². The lowest BCUT2D eigenvalue weighted by Gasteiger charge is -2.32. The smallest absolute Gasteiger partial charge is 0.256 e. The van der Waals surface area contributed by atoms with Gasteiger partial charge >= 0.3 is 0 Å². The van der Waals surface area contributed by atoms with Gasteiger partial charge in [-0.1, -0.05) is 0 Å². The van der Waals surface area contributed by atoms with Gasteiger partial charge in [-0.15, -0.1) is 15.3 Å². The molecule has 8 nitrogen and oxygen atoms in total. The van der Waals surface area contributed by atoms with Crippen LogP contribution in [0.25, 0.3) is 5.65 Å². The zero-order chi connectivity index (χ0) is 18.3. The minimum atomic E-state index is 0.0788. The third-order valence-corrected chi connectivity index (χ3v) is 5.31. The molecule has 0 spiro atoms. The molecule has 3 aromatic rings. The molecule has 0 saturated carbocycles. The predicted octanol–water partition coefficient (Wildman–Crippen LogP) is 1.52. The summed E-state index contributed by atoms with van der Waals surface area (Å²) < 4.78 is 3.54. The van der Waals surface area contributed by atoms with Crippen LogP contribution < -0.4 is 10.5 Å². The van der Waals surface area contributed by atoms with Gasteiger partial charge in [0.1, 0.15) is 5.82 Å². The van der Waals surface area contributed by atoms with Gasteiger partial charge in [-0.3, -0.25) is 9.36 Å². The number of hydrogen-bond acceptors (Lipinski definition) is 6. The summed E-state index contributed by atoms with van der Waals surface area (Å²) >= 11 is 0. The van der Waals surface area contributed by atoms with Crippen LogP contribution in [0.3, 0.4) is 0 Å². The van der Waals surface area contributed by atoms with Crippen LogP contribution in [-0.2, 0) is 6.54 Å². The van der Waals surface area contributed by atoms with E-state index in [1.165, 1.54) is 0 Å². The molecule has 136 valence electrons. The average Bonchev–Trinajstić information content (AvgIpc) is 3.03. The SMILES string of the molecule is Cc1ncn(CC2CCN(c3ccc4nnc(C)n4n3)CC2)c(=O)c1C. The van der Waals surface area contributed by atoms with E-state index < -0.39 is 0 Å². The molecule has 4 heterocycles. The van der Waals surface area contributed by atoms with Gasteiger partial charge in [0.25, 0.3) is 5.56 Å². The number of fused-ring (bicyclic) bond motifs is 1. The second-order valence-electron chi connectivity index (χ2n) is 7.05. The Morgan fingerprint density at radius 2 is 1.88 bits per heavy atom. The van der Waals surface area contributed by atoms with E-state index in [-0.39, 0.29) is 5.56 Å². The highest BCUT2D eigenvalue weighted by Crippen LogP contribution is 2.23. The van der Waals surface area contributed by atoms with Crippen molar-refractivity contribution in [2.45, 2.75) is 40.2 Å². The van der Waals surface area contributed by atoms with E-state index in [1.54, 1.807) is 15.4 Å². The minimum Gasteiger partial charge on any atom is -0.355 e. The quantitative estimate of drug-likeness (QED) is 0.710. The highest BCUT2D eigenvalue weighted by Gasteiger charge is 2.22. The molecule has 3 aromatic heterocycles. The molecule has 0 aromatic carbocycles. The van der Waals surface area contributed by atoms with Crippen LogP contribution in [0.5, 0.6) is 0 Å². The molecule has 0 amide bonds. The standard InChI is InChI=1S/C18H23N7O/c1-12-13(2)19-11-24(18(12)26)10-15-6-8-23(9-7-15)17-5-4-16-21-20-14(3)25(16)22-17/h4-5,11,15H,6-10H2,1-3H3. The predicted molar refractivity (Wildman–Crippen MR) is 98.4 cm³/mol. The van der Waals surface area contributed by atoms with Crippen LogP contribution in [0.1, 0.15) is 29.9 Å². The summed E-state index contributed by atoms with van der Waals surface area (Å²) in [6.07, 6.45) is 3.74. The number of aromatic nitrogens is 6. The maximum Gasteiger partial charge on any atom is 0.256 e. The summed E-state index contributed by atoms with van der Waals surface area (Å²) in [7, 11) is 0. The molecule has 1 fully saturated rings. The molecule has 1 aliphatic heterocycles. The van der Waals surface area contributed by atoms with Crippen LogP contribution in [-0.4, -0.2) is 42.5 Å². The molecule has 0 atom stereocenters. The van der Waals surface area contributed by atoms with Gasteiger partial charge in [0.2, 0.25) is 0 Å². The highest BCUT2D eigenvalue weighted by atomic mass is 16.1. The van der Waals surface area contributed by atoms with Crippen molar-refractivity contribution in [3.8, 4) is 0 Å². The first-order valence-corrected chi connectivity index (χ1v) is 8.99. The zero-order valence-electron chi connectivity index (χ0n) is 15.4. The summed E-state index contributed by atoms with van der Waals surface area (Å²) in [6, 6.07) is 3.95. The minimum absolute atomic E-state index is 0.0788. The Kier molecular flexibility index (Phi) is 4.18. The molecule has 0 bridgehead atoms. The molecule has 1 saturated heterocycles.